The summed E-state index contributed by atoms with van der Waals surface area (Å²) >= 11 is 0. The molecule has 12 rings (SSSR count). The molecule has 712 valence electrons. The van der Waals surface area contributed by atoms with Gasteiger partial charge in [-0.1, -0.05) is 82.4 Å². The van der Waals surface area contributed by atoms with E-state index in [-0.39, 0.29) is 120 Å². The number of esters is 1. The van der Waals surface area contributed by atoms with E-state index in [4.69, 9.17) is 64.6 Å². The SMILES string of the molecule is CO[C@H]1C[C@@H]2CC[C@@H](C)[C@@](O)(O2)C(=O)C(=O)N2CCCC[C@H]2C(=O)O[C@H]([C@H](N)C[C@@H]2CC[C@@H](OC(=O)NCc3cnc(N4CCN(C(=O)CN(C)CC(=O)NCCOCCOCCC(=O)N5CCc6cc(Cn7nc(-c8ccc9oc(N)nc9c8)c8c(N)ncnc87)ccc6C5)CC4)nc3)[C@H](OC)C2)C[C@@H](OC)[C@H](C)/C=C(\C)[C@@H](O)[C@@H](O)C(=O)[C@H](C)C[C@H](C)/C=C/C=C/C=C/1C. The summed E-state index contributed by atoms with van der Waals surface area (Å²) in [5.74, 6) is -7.75. The molecule has 0 spiro atoms. The van der Waals surface area contributed by atoms with Crippen molar-refractivity contribution in [3.05, 3.63) is 125 Å². The summed E-state index contributed by atoms with van der Waals surface area (Å²) < 4.78 is 55.3. The van der Waals surface area contributed by atoms with Crippen LogP contribution in [0.15, 0.2) is 107 Å². The Morgan fingerprint density at radius 3 is 2.25 bits per heavy atom. The number of piperidine rings is 1. The molecule has 3 saturated heterocycles. The van der Waals surface area contributed by atoms with Gasteiger partial charge in [0.2, 0.25) is 29.5 Å². The molecule has 5 amide bonds. The molecular weight excluding hydrogens is 1690 g/mol. The van der Waals surface area contributed by atoms with E-state index in [1.54, 1.807) is 69.3 Å². The second-order valence-electron chi connectivity index (χ2n) is 35.8. The van der Waals surface area contributed by atoms with Gasteiger partial charge in [-0.3, -0.25) is 33.7 Å². The van der Waals surface area contributed by atoms with Crippen LogP contribution in [0.5, 0.6) is 0 Å². The fourth-order valence-corrected chi connectivity index (χ4v) is 18.5. The Bertz CT molecular complexity index is 5050. The van der Waals surface area contributed by atoms with Crippen LogP contribution in [-0.4, -0.2) is 297 Å². The number of allylic oxidation sites excluding steroid dienone is 5. The molecule has 4 fully saturated rings. The number of ketones is 2. The zero-order valence-corrected chi connectivity index (χ0v) is 76.9. The van der Waals surface area contributed by atoms with E-state index in [0.717, 1.165) is 27.8 Å². The fraction of sp³-hybridized carbons (Fsp3) is 0.596. The maximum atomic E-state index is 14.9. The number of fused-ring (bicyclic) bond motifs is 6. The zero-order chi connectivity index (χ0) is 93.7. The molecule has 131 heavy (non-hydrogen) atoms. The Balaban J connectivity index is 0.546. The van der Waals surface area contributed by atoms with Crippen molar-refractivity contribution in [1.82, 2.24) is 64.9 Å². The highest BCUT2D eigenvalue weighted by molar-refractivity contribution is 6.39. The Labute approximate surface area is 763 Å². The van der Waals surface area contributed by atoms with Crippen LogP contribution in [0, 0.1) is 29.6 Å². The monoisotopic (exact) mass is 1820 g/mol. The lowest BCUT2D eigenvalue weighted by Crippen LogP contribution is -2.61. The molecule has 6 aromatic rings. The standard InChI is InChI=1S/C94H131N17O20/c1-56-16-12-11-13-17-57(2)74(123-8)46-68-24-19-61(6)94(122,131-68)86(118)89(119)110-30-15-14-18-71(110)90(120)128-76(47-75(124-9)58(3)41-60(5)84(116)85(117)83(115)59(4)40-56)69(95)43-62-21-25-73(77(44-62)125-10)130-93(121)101-50-64-48-99-92(100-49-64)108-34-32-107(33-35-108)80(114)54-106(7)53-78(112)98-29-37-127-39-38-126-36-28-79(113)109-31-27-65-42-63(20-22-67(65)52-109)51-111-88-81(87(96)102-55-103-88)82(105-111)66-23-26-72-70(45-66)104-91(97)129-72/h11-13,16-17,20,22-23,26,41-42,45,48-49,55-56,58-59,61-62,68-69,71,73-77,84-85,116-117,122H,14-15,18-19,21,24-25,27-40,43-44,46-47,50-54,95H2,1-10H3,(H2,97,104)(H,98,112)(H,101,121)(H2,96,102,103)/b13-11+,16-12+,57-17+,60-41+/t56-,58-,59-,61-,62+,68+,69-,71+,73-,74+,75-,76+,77-,84-,85+,94-/m1/s1. The van der Waals surface area contributed by atoms with E-state index in [0.29, 0.717) is 161 Å². The number of likely N-dealkylation sites (N-methyl/N-ethyl adjacent to an activating group) is 1. The summed E-state index contributed by atoms with van der Waals surface area (Å²) in [5.41, 5.74) is 27.5. The minimum atomic E-state index is -2.50. The van der Waals surface area contributed by atoms with Gasteiger partial charge in [-0.2, -0.15) is 10.1 Å². The van der Waals surface area contributed by atoms with Crippen molar-refractivity contribution >= 4 is 87.2 Å². The summed E-state index contributed by atoms with van der Waals surface area (Å²) in [6.07, 6.45) is 13.0. The van der Waals surface area contributed by atoms with E-state index in [1.165, 1.54) is 25.4 Å². The predicted octanol–water partition coefficient (Wildman–Crippen LogP) is 6.25. The third-order valence-electron chi connectivity index (χ3n) is 26.1. The summed E-state index contributed by atoms with van der Waals surface area (Å²) in [4.78, 5) is 141. The molecule has 1 aliphatic carbocycles. The number of aromatic nitrogens is 7. The molecule has 2 bridgehead atoms. The first-order chi connectivity index (χ1) is 62.9. The number of anilines is 3. The van der Waals surface area contributed by atoms with Crippen molar-refractivity contribution in [3.8, 4) is 11.3 Å². The number of cyclic esters (lactones) is 1. The van der Waals surface area contributed by atoms with Crippen LogP contribution in [0.3, 0.4) is 0 Å². The topological polar surface area (TPSA) is 485 Å². The number of nitrogens with two attached hydrogens (primary N) is 3. The average molecular weight is 1820 g/mol. The van der Waals surface area contributed by atoms with E-state index in [1.807, 2.05) is 83.8 Å². The Morgan fingerprint density at radius 2 is 1.50 bits per heavy atom. The quantitative estimate of drug-likeness (QED) is 0.0129. The molecule has 5 aliphatic heterocycles. The highest BCUT2D eigenvalue weighted by Crippen LogP contribution is 2.40. The summed E-state index contributed by atoms with van der Waals surface area (Å²) in [5, 5.41) is 46.2. The van der Waals surface area contributed by atoms with E-state index >= 15 is 0 Å². The lowest BCUT2D eigenvalue weighted by atomic mass is 9.80. The fourth-order valence-electron chi connectivity index (χ4n) is 18.5. The van der Waals surface area contributed by atoms with Crippen molar-refractivity contribution in [1.29, 1.82) is 0 Å². The predicted molar refractivity (Wildman–Crippen MR) is 485 cm³/mol. The summed E-state index contributed by atoms with van der Waals surface area (Å²) in [6.45, 7) is 15.4. The number of carbonyl (C=O) groups is 8. The summed E-state index contributed by atoms with van der Waals surface area (Å²) in [6, 6.07) is 9.75. The normalized spacial score (nSPS) is 27.7. The number of rotatable bonds is 26. The number of hydrogen-bond acceptors (Lipinski definition) is 31. The molecule has 2 aromatic carbocycles. The van der Waals surface area contributed by atoms with Gasteiger partial charge in [0, 0.05) is 140 Å². The number of nitrogens with one attached hydrogen (secondary N) is 2. The number of nitrogens with zero attached hydrogens (tertiary/aromatic N) is 12. The highest BCUT2D eigenvalue weighted by Gasteiger charge is 2.53. The molecule has 1 saturated carbocycles. The van der Waals surface area contributed by atoms with E-state index < -0.39 is 114 Å². The molecule has 37 nitrogen and oxygen atoms in total. The Hall–Kier alpha value is -10.6. The van der Waals surface area contributed by atoms with E-state index in [2.05, 4.69) is 47.7 Å². The molecule has 0 unspecified atom stereocenters. The van der Waals surface area contributed by atoms with Crippen molar-refractivity contribution < 1.29 is 96.0 Å². The number of alkyl carbamates (subject to hydrolysis) is 1. The molecule has 37 heteroatoms. The number of amides is 5. The number of aliphatic hydroxyl groups excluding tert-OH is 2. The average Bonchev–Trinajstić information content (AvgIpc) is 1.56. The Kier molecular flexibility index (Phi) is 35.4. The second kappa shape index (κ2) is 46.7. The van der Waals surface area contributed by atoms with Gasteiger partial charge in [-0.05, 0) is 149 Å². The molecular formula is C94H131N17O20. The van der Waals surface area contributed by atoms with Crippen molar-refractivity contribution in [2.24, 2.45) is 35.3 Å². The van der Waals surface area contributed by atoms with Crippen LogP contribution in [0.25, 0.3) is 33.4 Å². The number of hydrogen-bond donors (Lipinski definition) is 8. The molecule has 9 heterocycles. The minimum absolute atomic E-state index is 0.0000644. The molecule has 0 radical (unpaired) electrons. The van der Waals surface area contributed by atoms with Crippen LogP contribution in [0.2, 0.25) is 0 Å². The lowest BCUT2D eigenvalue weighted by molar-refractivity contribution is -0.265. The number of aliphatic hydroxyl groups is 3. The van der Waals surface area contributed by atoms with Gasteiger partial charge >= 0.3 is 12.1 Å². The second-order valence-corrected chi connectivity index (χ2v) is 35.8. The number of nitrogen functional groups attached to an aromatic ring is 2. The van der Waals surface area contributed by atoms with Crippen LogP contribution < -0.4 is 32.7 Å². The molecule has 11 N–H and O–H groups in total. The van der Waals surface area contributed by atoms with Gasteiger partial charge < -0.3 is 105 Å². The molecule has 16 atom stereocenters. The number of piperazine rings is 1. The largest absolute Gasteiger partial charge is 0.459 e. The number of benzene rings is 2. The zero-order valence-electron chi connectivity index (χ0n) is 76.9. The lowest BCUT2D eigenvalue weighted by Gasteiger charge is -2.43. The molecule has 6 aliphatic rings. The van der Waals surface area contributed by atoms with Gasteiger partial charge in [-0.25, -0.2) is 34.2 Å². The van der Waals surface area contributed by atoms with Crippen LogP contribution in [0.1, 0.15) is 147 Å². The third-order valence-corrected chi connectivity index (χ3v) is 26.1. The number of methoxy groups -OCH3 is 3. The van der Waals surface area contributed by atoms with Crippen molar-refractivity contribution in [2.45, 2.75) is 218 Å². The van der Waals surface area contributed by atoms with Gasteiger partial charge in [0.15, 0.2) is 17.0 Å². The van der Waals surface area contributed by atoms with Crippen LogP contribution in [0.4, 0.5) is 22.6 Å². The van der Waals surface area contributed by atoms with Crippen LogP contribution >= 0.6 is 0 Å². The smallest absolute Gasteiger partial charge is 0.407 e. The van der Waals surface area contributed by atoms with Gasteiger partial charge in [-0.15, -0.1) is 0 Å². The molecule has 4 aromatic heterocycles. The minimum Gasteiger partial charge on any atom is -0.459 e. The van der Waals surface area contributed by atoms with E-state index in [9.17, 15) is 53.7 Å². The first-order valence-electron chi connectivity index (χ1n) is 45.7. The van der Waals surface area contributed by atoms with Crippen molar-refractivity contribution in [3.63, 3.8) is 0 Å². The summed E-state index contributed by atoms with van der Waals surface area (Å²) in [7, 11) is 6.29. The van der Waals surface area contributed by atoms with Crippen molar-refractivity contribution in [2.75, 3.05) is 130 Å². The highest BCUT2D eigenvalue weighted by atomic mass is 16.6. The van der Waals surface area contributed by atoms with Gasteiger partial charge in [0.1, 0.15) is 53.8 Å². The first-order valence-corrected chi connectivity index (χ1v) is 45.7. The van der Waals surface area contributed by atoms with Gasteiger partial charge in [0.05, 0.1) is 82.3 Å². The third kappa shape index (κ3) is 26.0. The first kappa shape index (κ1) is 99.4. The number of carbonyl (C=O) groups excluding carboxylic acids is 8. The number of Topliss-reactive ketones (excluding diaryl/α,β-unsaturated/α-hetero) is 2. The van der Waals surface area contributed by atoms with Gasteiger partial charge in [0.25, 0.3) is 17.7 Å². The number of oxazole rings is 1. The maximum absolute atomic E-state index is 14.9. The van der Waals surface area contributed by atoms with Crippen LogP contribution in [-0.2, 0) is 97.5 Å². The maximum Gasteiger partial charge on any atom is 0.407 e. The number of ether oxygens (including phenoxy) is 8. The Morgan fingerprint density at radius 1 is 0.733 bits per heavy atom.